The predicted molar refractivity (Wildman–Crippen MR) is 98.4 cm³/mol. The normalized spacial score (nSPS) is 16.3. The molecule has 2 aromatic carbocycles. The molecule has 0 aromatic heterocycles. The molecule has 0 spiro atoms. The molecule has 2 aromatic rings. The molecule has 0 bridgehead atoms. The average molecular weight is 345 g/mol. The van der Waals surface area contributed by atoms with Gasteiger partial charge in [-0.3, -0.25) is 4.90 Å². The SMILES string of the molecule is CC[C@H]1CN(C(=O)Nc2cccc(C)c2C)c2cc(Cl)ccc2O1. The Morgan fingerprint density at radius 1 is 1.33 bits per heavy atom. The van der Waals surface area contributed by atoms with Crippen LogP contribution in [0.2, 0.25) is 5.02 Å². The van der Waals surface area contributed by atoms with Crippen LogP contribution in [0.5, 0.6) is 5.75 Å². The van der Waals surface area contributed by atoms with Gasteiger partial charge in [0.2, 0.25) is 0 Å². The Balaban J connectivity index is 1.91. The summed E-state index contributed by atoms with van der Waals surface area (Å²) in [4.78, 5) is 14.6. The number of ether oxygens (including phenoxy) is 1. The van der Waals surface area contributed by atoms with Crippen LogP contribution in [0.3, 0.4) is 0 Å². The van der Waals surface area contributed by atoms with E-state index in [-0.39, 0.29) is 12.1 Å². The van der Waals surface area contributed by atoms with Gasteiger partial charge in [0.1, 0.15) is 11.9 Å². The van der Waals surface area contributed by atoms with Crippen molar-refractivity contribution >= 4 is 29.0 Å². The van der Waals surface area contributed by atoms with E-state index >= 15 is 0 Å². The van der Waals surface area contributed by atoms with E-state index in [4.69, 9.17) is 16.3 Å². The van der Waals surface area contributed by atoms with E-state index in [0.29, 0.717) is 23.0 Å². The van der Waals surface area contributed by atoms with Gasteiger partial charge in [-0.1, -0.05) is 30.7 Å². The lowest BCUT2D eigenvalue weighted by molar-refractivity contribution is 0.188. The number of rotatable bonds is 2. The molecule has 0 unspecified atom stereocenters. The Bertz CT molecular complexity index is 776. The molecule has 1 atom stereocenters. The number of hydrogen-bond acceptors (Lipinski definition) is 2. The number of urea groups is 1. The first-order valence-electron chi connectivity index (χ1n) is 8.10. The van der Waals surface area contributed by atoms with Crippen molar-refractivity contribution in [1.82, 2.24) is 0 Å². The van der Waals surface area contributed by atoms with Crippen molar-refractivity contribution in [3.8, 4) is 5.75 Å². The van der Waals surface area contributed by atoms with Crippen LogP contribution < -0.4 is 15.0 Å². The molecule has 1 N–H and O–H groups in total. The summed E-state index contributed by atoms with van der Waals surface area (Å²) in [5.41, 5.74) is 3.74. The van der Waals surface area contributed by atoms with Crippen molar-refractivity contribution in [3.05, 3.63) is 52.5 Å². The number of nitrogens with zero attached hydrogens (tertiary/aromatic N) is 1. The van der Waals surface area contributed by atoms with Crippen LogP contribution in [0.4, 0.5) is 16.2 Å². The number of halogens is 1. The number of anilines is 2. The van der Waals surface area contributed by atoms with Crippen LogP contribution >= 0.6 is 11.6 Å². The lowest BCUT2D eigenvalue weighted by Gasteiger charge is -2.34. The topological polar surface area (TPSA) is 41.6 Å². The zero-order valence-electron chi connectivity index (χ0n) is 14.1. The largest absolute Gasteiger partial charge is 0.486 e. The molecule has 5 heteroatoms. The minimum absolute atomic E-state index is 0.0250. The maximum Gasteiger partial charge on any atom is 0.326 e. The highest BCUT2D eigenvalue weighted by Gasteiger charge is 2.29. The predicted octanol–water partition coefficient (Wildman–Crippen LogP) is 5.17. The number of carbonyl (C=O) groups excluding carboxylic acids is 1. The van der Waals surface area contributed by atoms with E-state index in [2.05, 4.69) is 5.32 Å². The Morgan fingerprint density at radius 3 is 2.88 bits per heavy atom. The molecule has 3 rings (SSSR count). The number of hydrogen-bond donors (Lipinski definition) is 1. The van der Waals surface area contributed by atoms with Crippen LogP contribution in [-0.4, -0.2) is 18.7 Å². The second-order valence-corrected chi connectivity index (χ2v) is 6.48. The molecule has 1 aliphatic heterocycles. The Kier molecular flexibility index (Phi) is 4.67. The fraction of sp³-hybridized carbons (Fsp3) is 0.316. The van der Waals surface area contributed by atoms with Gasteiger partial charge in [-0.2, -0.15) is 0 Å². The first kappa shape index (κ1) is 16.7. The second kappa shape index (κ2) is 6.73. The van der Waals surface area contributed by atoms with Crippen molar-refractivity contribution in [2.75, 3.05) is 16.8 Å². The van der Waals surface area contributed by atoms with Gasteiger partial charge in [-0.15, -0.1) is 0 Å². The minimum Gasteiger partial charge on any atom is -0.486 e. The van der Waals surface area contributed by atoms with Gasteiger partial charge < -0.3 is 10.1 Å². The number of nitrogens with one attached hydrogen (secondary N) is 1. The number of fused-ring (bicyclic) bond motifs is 1. The summed E-state index contributed by atoms with van der Waals surface area (Å²) in [5, 5.41) is 3.59. The molecule has 1 aliphatic rings. The quantitative estimate of drug-likeness (QED) is 0.816. The van der Waals surface area contributed by atoms with E-state index < -0.39 is 0 Å². The summed E-state index contributed by atoms with van der Waals surface area (Å²) in [7, 11) is 0. The van der Waals surface area contributed by atoms with Crippen LogP contribution in [0.1, 0.15) is 24.5 Å². The van der Waals surface area contributed by atoms with E-state index in [1.54, 1.807) is 17.0 Å². The fourth-order valence-corrected chi connectivity index (χ4v) is 2.96. The highest BCUT2D eigenvalue weighted by atomic mass is 35.5. The lowest BCUT2D eigenvalue weighted by atomic mass is 10.1. The molecule has 0 radical (unpaired) electrons. The summed E-state index contributed by atoms with van der Waals surface area (Å²) in [5.74, 6) is 0.689. The fourth-order valence-electron chi connectivity index (χ4n) is 2.79. The molecule has 4 nitrogen and oxygen atoms in total. The van der Waals surface area contributed by atoms with Crippen molar-refractivity contribution < 1.29 is 9.53 Å². The van der Waals surface area contributed by atoms with Gasteiger partial charge in [0.05, 0.1) is 12.2 Å². The average Bonchev–Trinajstić information content (AvgIpc) is 2.58. The molecule has 2 amide bonds. The van der Waals surface area contributed by atoms with E-state index in [1.807, 2.05) is 45.0 Å². The molecular formula is C19H21ClN2O2. The van der Waals surface area contributed by atoms with E-state index in [1.165, 1.54) is 0 Å². The van der Waals surface area contributed by atoms with E-state index in [0.717, 1.165) is 23.2 Å². The summed E-state index contributed by atoms with van der Waals surface area (Å²) >= 11 is 6.11. The van der Waals surface area contributed by atoms with Crippen molar-refractivity contribution in [3.63, 3.8) is 0 Å². The summed E-state index contributed by atoms with van der Waals surface area (Å²) in [6, 6.07) is 11.1. The molecule has 0 fully saturated rings. The number of amides is 2. The number of carbonyl (C=O) groups is 1. The minimum atomic E-state index is -0.172. The molecule has 0 aliphatic carbocycles. The van der Waals surface area contributed by atoms with Crippen molar-refractivity contribution in [2.45, 2.75) is 33.3 Å². The lowest BCUT2D eigenvalue weighted by Crippen LogP contribution is -2.45. The summed E-state index contributed by atoms with van der Waals surface area (Å²) in [6.45, 7) is 6.58. The highest BCUT2D eigenvalue weighted by Crippen LogP contribution is 2.36. The van der Waals surface area contributed by atoms with Gasteiger partial charge in [0.25, 0.3) is 0 Å². The molecular weight excluding hydrogens is 324 g/mol. The third kappa shape index (κ3) is 3.20. The maximum absolute atomic E-state index is 12.9. The highest BCUT2D eigenvalue weighted by molar-refractivity contribution is 6.31. The molecule has 1 heterocycles. The molecule has 0 saturated carbocycles. The van der Waals surface area contributed by atoms with Crippen molar-refractivity contribution in [1.29, 1.82) is 0 Å². The smallest absolute Gasteiger partial charge is 0.326 e. The standard InChI is InChI=1S/C19H21ClN2O2/c1-4-15-11-22(17-10-14(20)8-9-18(17)24-15)19(23)21-16-7-5-6-12(2)13(16)3/h5-10,15H,4,11H2,1-3H3,(H,21,23)/t15-/m0/s1. The zero-order chi connectivity index (χ0) is 17.3. The Morgan fingerprint density at radius 2 is 2.12 bits per heavy atom. The Labute approximate surface area is 147 Å². The third-order valence-corrected chi connectivity index (χ3v) is 4.67. The van der Waals surface area contributed by atoms with Crippen LogP contribution in [0.25, 0.3) is 0 Å². The van der Waals surface area contributed by atoms with Crippen LogP contribution in [-0.2, 0) is 0 Å². The van der Waals surface area contributed by atoms with Gasteiger partial charge >= 0.3 is 6.03 Å². The molecule has 24 heavy (non-hydrogen) atoms. The molecule has 0 saturated heterocycles. The third-order valence-electron chi connectivity index (χ3n) is 4.44. The zero-order valence-corrected chi connectivity index (χ0v) is 14.9. The van der Waals surface area contributed by atoms with Crippen molar-refractivity contribution in [2.24, 2.45) is 0 Å². The van der Waals surface area contributed by atoms with Gasteiger partial charge in [-0.25, -0.2) is 4.79 Å². The number of benzene rings is 2. The first-order valence-corrected chi connectivity index (χ1v) is 8.48. The molecule has 126 valence electrons. The summed E-state index contributed by atoms with van der Waals surface area (Å²) in [6.07, 6.45) is 0.804. The van der Waals surface area contributed by atoms with Crippen LogP contribution in [0, 0.1) is 13.8 Å². The monoisotopic (exact) mass is 344 g/mol. The van der Waals surface area contributed by atoms with Gasteiger partial charge in [-0.05, 0) is 55.7 Å². The number of aryl methyl sites for hydroxylation is 1. The van der Waals surface area contributed by atoms with Crippen LogP contribution in [0.15, 0.2) is 36.4 Å². The summed E-state index contributed by atoms with van der Waals surface area (Å²) < 4.78 is 5.93. The van der Waals surface area contributed by atoms with Gasteiger partial charge in [0.15, 0.2) is 0 Å². The Hall–Kier alpha value is -2.20. The maximum atomic E-state index is 12.9. The van der Waals surface area contributed by atoms with Gasteiger partial charge in [0, 0.05) is 10.7 Å². The first-order chi connectivity index (χ1) is 11.5. The van der Waals surface area contributed by atoms with E-state index in [9.17, 15) is 4.79 Å². The second-order valence-electron chi connectivity index (χ2n) is 6.05.